The maximum absolute atomic E-state index is 13.2. The largest absolute Gasteiger partial charge is 0.373 e. The second kappa shape index (κ2) is 8.38. The average Bonchev–Trinajstić information content (AvgIpc) is 2.48. The van der Waals surface area contributed by atoms with Gasteiger partial charge in [0.2, 0.25) is 0 Å². The van der Waals surface area contributed by atoms with E-state index in [1.807, 2.05) is 19.1 Å². The standard InChI is InChI=1S/C17H28FNO/c1-5-13-19-16(14-9-11-15(18)12-10-14)17(6-2,7-3)20-8-4/h9-12,16,19H,5-8,13H2,1-4H3. The summed E-state index contributed by atoms with van der Waals surface area (Å²) in [4.78, 5) is 0. The summed E-state index contributed by atoms with van der Waals surface area (Å²) in [6.07, 6.45) is 2.92. The number of benzene rings is 1. The fraction of sp³-hybridized carbons (Fsp3) is 0.647. The fourth-order valence-electron chi connectivity index (χ4n) is 2.78. The monoisotopic (exact) mass is 281 g/mol. The van der Waals surface area contributed by atoms with E-state index in [0.29, 0.717) is 6.61 Å². The van der Waals surface area contributed by atoms with Crippen LogP contribution in [0.3, 0.4) is 0 Å². The van der Waals surface area contributed by atoms with Gasteiger partial charge in [0, 0.05) is 6.61 Å². The van der Waals surface area contributed by atoms with Crippen LogP contribution in [0.2, 0.25) is 0 Å². The van der Waals surface area contributed by atoms with Crippen molar-refractivity contribution in [2.75, 3.05) is 13.2 Å². The van der Waals surface area contributed by atoms with Crippen LogP contribution >= 0.6 is 0 Å². The van der Waals surface area contributed by atoms with Crippen LogP contribution in [0, 0.1) is 5.82 Å². The summed E-state index contributed by atoms with van der Waals surface area (Å²) in [5.41, 5.74) is 0.860. The van der Waals surface area contributed by atoms with Crippen LogP contribution < -0.4 is 5.32 Å². The fourth-order valence-corrected chi connectivity index (χ4v) is 2.78. The number of ether oxygens (including phenoxy) is 1. The van der Waals surface area contributed by atoms with Gasteiger partial charge in [0.15, 0.2) is 0 Å². The van der Waals surface area contributed by atoms with Crippen molar-refractivity contribution in [2.24, 2.45) is 0 Å². The van der Waals surface area contributed by atoms with Crippen molar-refractivity contribution in [1.29, 1.82) is 0 Å². The molecule has 20 heavy (non-hydrogen) atoms. The summed E-state index contributed by atoms with van der Waals surface area (Å²) in [5.74, 6) is -0.196. The van der Waals surface area contributed by atoms with Crippen molar-refractivity contribution in [3.8, 4) is 0 Å². The van der Waals surface area contributed by atoms with Crippen LogP contribution in [0.25, 0.3) is 0 Å². The number of nitrogens with one attached hydrogen (secondary N) is 1. The van der Waals surface area contributed by atoms with Gasteiger partial charge in [-0.15, -0.1) is 0 Å². The number of hydrogen-bond donors (Lipinski definition) is 1. The Morgan fingerprint density at radius 2 is 1.70 bits per heavy atom. The van der Waals surface area contributed by atoms with Gasteiger partial charge in [-0.1, -0.05) is 32.9 Å². The molecule has 1 rings (SSSR count). The van der Waals surface area contributed by atoms with E-state index in [4.69, 9.17) is 4.74 Å². The average molecular weight is 281 g/mol. The molecule has 0 amide bonds. The van der Waals surface area contributed by atoms with E-state index >= 15 is 0 Å². The first-order valence-electron chi connectivity index (χ1n) is 7.76. The molecular formula is C17H28FNO. The molecule has 114 valence electrons. The van der Waals surface area contributed by atoms with E-state index in [0.717, 1.165) is 31.4 Å². The van der Waals surface area contributed by atoms with Crippen LogP contribution in [0.4, 0.5) is 4.39 Å². The lowest BCUT2D eigenvalue weighted by atomic mass is 9.83. The van der Waals surface area contributed by atoms with Crippen LogP contribution in [-0.4, -0.2) is 18.8 Å². The summed E-state index contributed by atoms with van der Waals surface area (Å²) in [6.45, 7) is 10.1. The lowest BCUT2D eigenvalue weighted by Crippen LogP contribution is -2.45. The van der Waals surface area contributed by atoms with Crippen LogP contribution in [0.15, 0.2) is 24.3 Å². The van der Waals surface area contributed by atoms with Gasteiger partial charge in [-0.05, 0) is 50.4 Å². The van der Waals surface area contributed by atoms with Gasteiger partial charge >= 0.3 is 0 Å². The Morgan fingerprint density at radius 3 is 2.15 bits per heavy atom. The first-order valence-corrected chi connectivity index (χ1v) is 7.76. The zero-order valence-electron chi connectivity index (χ0n) is 13.2. The molecule has 3 heteroatoms. The van der Waals surface area contributed by atoms with Crippen molar-refractivity contribution < 1.29 is 9.13 Å². The second-order valence-corrected chi connectivity index (χ2v) is 5.14. The maximum atomic E-state index is 13.2. The van der Waals surface area contributed by atoms with Crippen LogP contribution in [0.5, 0.6) is 0 Å². The second-order valence-electron chi connectivity index (χ2n) is 5.14. The van der Waals surface area contributed by atoms with E-state index in [2.05, 4.69) is 26.1 Å². The normalized spacial score (nSPS) is 13.4. The van der Waals surface area contributed by atoms with E-state index in [9.17, 15) is 4.39 Å². The summed E-state index contributed by atoms with van der Waals surface area (Å²) in [7, 11) is 0. The Bertz CT molecular complexity index is 373. The molecule has 0 fully saturated rings. The molecule has 1 unspecified atom stereocenters. The summed E-state index contributed by atoms with van der Waals surface area (Å²) in [6, 6.07) is 6.87. The summed E-state index contributed by atoms with van der Waals surface area (Å²) >= 11 is 0. The third-order valence-corrected chi connectivity index (χ3v) is 3.96. The number of halogens is 1. The Hall–Kier alpha value is -0.930. The molecule has 0 spiro atoms. The van der Waals surface area contributed by atoms with Crippen molar-refractivity contribution in [1.82, 2.24) is 5.32 Å². The van der Waals surface area contributed by atoms with Gasteiger partial charge in [0.1, 0.15) is 5.82 Å². The molecule has 2 nitrogen and oxygen atoms in total. The quantitative estimate of drug-likeness (QED) is 0.721. The Morgan fingerprint density at radius 1 is 1.10 bits per heavy atom. The zero-order chi connectivity index (χ0) is 15.0. The maximum Gasteiger partial charge on any atom is 0.123 e. The first kappa shape index (κ1) is 17.1. The van der Waals surface area contributed by atoms with E-state index in [1.165, 1.54) is 12.1 Å². The topological polar surface area (TPSA) is 21.3 Å². The zero-order valence-corrected chi connectivity index (χ0v) is 13.2. The molecule has 0 saturated heterocycles. The third-order valence-electron chi connectivity index (χ3n) is 3.96. The predicted octanol–water partition coefficient (Wildman–Crippen LogP) is 4.46. The lowest BCUT2D eigenvalue weighted by Gasteiger charge is -2.40. The number of rotatable bonds is 9. The first-order chi connectivity index (χ1) is 9.63. The molecule has 0 aliphatic heterocycles. The highest BCUT2D eigenvalue weighted by Gasteiger charge is 2.37. The predicted molar refractivity (Wildman–Crippen MR) is 82.4 cm³/mol. The van der Waals surface area contributed by atoms with E-state index in [1.54, 1.807) is 0 Å². The minimum absolute atomic E-state index is 0.0954. The number of hydrogen-bond acceptors (Lipinski definition) is 2. The molecular weight excluding hydrogens is 253 g/mol. The molecule has 0 saturated carbocycles. The van der Waals surface area contributed by atoms with Crippen LogP contribution in [0.1, 0.15) is 58.6 Å². The van der Waals surface area contributed by atoms with Crippen molar-refractivity contribution in [3.63, 3.8) is 0 Å². The minimum Gasteiger partial charge on any atom is -0.373 e. The molecule has 0 heterocycles. The minimum atomic E-state index is -0.234. The molecule has 1 atom stereocenters. The highest BCUT2D eigenvalue weighted by molar-refractivity contribution is 5.23. The lowest BCUT2D eigenvalue weighted by molar-refractivity contribution is -0.0732. The Balaban J connectivity index is 3.10. The highest BCUT2D eigenvalue weighted by atomic mass is 19.1. The molecule has 0 radical (unpaired) electrons. The van der Waals surface area contributed by atoms with Crippen molar-refractivity contribution in [2.45, 2.75) is 58.6 Å². The third kappa shape index (κ3) is 4.03. The Labute approximate surface area is 122 Å². The van der Waals surface area contributed by atoms with Gasteiger partial charge < -0.3 is 10.1 Å². The van der Waals surface area contributed by atoms with Gasteiger partial charge in [-0.3, -0.25) is 0 Å². The Kier molecular flexibility index (Phi) is 7.17. The van der Waals surface area contributed by atoms with Crippen LogP contribution in [-0.2, 0) is 4.74 Å². The molecule has 0 aliphatic carbocycles. The van der Waals surface area contributed by atoms with Gasteiger partial charge in [-0.25, -0.2) is 4.39 Å². The van der Waals surface area contributed by atoms with E-state index in [-0.39, 0.29) is 17.5 Å². The smallest absolute Gasteiger partial charge is 0.123 e. The molecule has 1 aromatic carbocycles. The molecule has 1 aromatic rings. The SMILES string of the molecule is CCCNC(c1ccc(F)cc1)C(CC)(CC)OCC. The summed E-state index contributed by atoms with van der Waals surface area (Å²) < 4.78 is 19.3. The molecule has 0 bridgehead atoms. The van der Waals surface area contributed by atoms with E-state index < -0.39 is 0 Å². The van der Waals surface area contributed by atoms with Gasteiger partial charge in [-0.2, -0.15) is 0 Å². The highest BCUT2D eigenvalue weighted by Crippen LogP contribution is 2.35. The van der Waals surface area contributed by atoms with Gasteiger partial charge in [0.05, 0.1) is 11.6 Å². The molecule has 1 N–H and O–H groups in total. The van der Waals surface area contributed by atoms with Crippen molar-refractivity contribution in [3.05, 3.63) is 35.6 Å². The summed E-state index contributed by atoms with van der Waals surface area (Å²) in [5, 5.41) is 3.59. The molecule has 0 aliphatic rings. The van der Waals surface area contributed by atoms with Gasteiger partial charge in [0.25, 0.3) is 0 Å². The molecule has 0 aromatic heterocycles. The van der Waals surface area contributed by atoms with Crippen molar-refractivity contribution >= 4 is 0 Å².